The molecule has 1 aromatic heterocycles. The summed E-state index contributed by atoms with van der Waals surface area (Å²) in [6.45, 7) is 1.54. The molecule has 4 rings (SSSR count). The molecule has 0 spiro atoms. The van der Waals surface area contributed by atoms with Crippen LogP contribution in [0, 0.1) is 0 Å². The third kappa shape index (κ3) is 2.74. The zero-order valence-corrected chi connectivity index (χ0v) is 14.3. The van der Waals surface area contributed by atoms with E-state index in [1.165, 1.54) is 0 Å². The van der Waals surface area contributed by atoms with Gasteiger partial charge in [0.05, 0.1) is 11.3 Å². The highest BCUT2D eigenvalue weighted by Gasteiger charge is 2.21. The Bertz CT molecular complexity index is 1120. The van der Waals surface area contributed by atoms with Gasteiger partial charge in [-0.1, -0.05) is 66.7 Å². The molecule has 0 atom stereocenters. The fourth-order valence-corrected chi connectivity index (χ4v) is 3.22. The van der Waals surface area contributed by atoms with Crippen molar-refractivity contribution >= 4 is 22.5 Å². The minimum Gasteiger partial charge on any atom is -0.354 e. The van der Waals surface area contributed by atoms with E-state index in [0.717, 1.165) is 22.2 Å². The number of fused-ring (bicyclic) bond motifs is 1. The van der Waals surface area contributed by atoms with Crippen LogP contribution in [0.3, 0.4) is 0 Å². The first kappa shape index (κ1) is 16.0. The maximum absolute atomic E-state index is 13.2. The predicted molar refractivity (Wildman–Crippen MR) is 104 cm³/mol. The number of rotatable bonds is 4. The average Bonchev–Trinajstić information content (AvgIpc) is 3.08. The number of hydrogen-bond acceptors (Lipinski definition) is 2. The van der Waals surface area contributed by atoms with Crippen LogP contribution in [0.2, 0.25) is 0 Å². The van der Waals surface area contributed by atoms with Gasteiger partial charge in [-0.3, -0.25) is 9.59 Å². The molecule has 0 radical (unpaired) electrons. The number of benzene rings is 3. The maximum atomic E-state index is 13.2. The van der Waals surface area contributed by atoms with Crippen LogP contribution in [0.15, 0.2) is 78.9 Å². The van der Waals surface area contributed by atoms with Gasteiger partial charge < -0.3 is 4.98 Å². The minimum absolute atomic E-state index is 0.00102. The first-order valence-electron chi connectivity index (χ1n) is 8.47. The van der Waals surface area contributed by atoms with E-state index in [2.05, 4.69) is 4.98 Å². The lowest BCUT2D eigenvalue weighted by Gasteiger charge is -2.06. The number of hydrogen-bond donors (Lipinski definition) is 1. The van der Waals surface area contributed by atoms with E-state index in [1.54, 1.807) is 13.0 Å². The van der Waals surface area contributed by atoms with Crippen molar-refractivity contribution in [2.75, 3.05) is 0 Å². The number of aromatic nitrogens is 1. The van der Waals surface area contributed by atoms with Crippen LogP contribution in [0.25, 0.3) is 22.2 Å². The smallest absolute Gasteiger partial charge is 0.195 e. The molecule has 1 N–H and O–H groups in total. The first-order chi connectivity index (χ1) is 12.6. The summed E-state index contributed by atoms with van der Waals surface area (Å²) in [4.78, 5) is 28.4. The van der Waals surface area contributed by atoms with Crippen molar-refractivity contribution in [3.05, 3.63) is 95.6 Å². The van der Waals surface area contributed by atoms with E-state index in [4.69, 9.17) is 0 Å². The third-order valence-corrected chi connectivity index (χ3v) is 4.53. The number of nitrogens with one attached hydrogen (secondary N) is 1. The monoisotopic (exact) mass is 339 g/mol. The normalized spacial score (nSPS) is 10.8. The summed E-state index contributed by atoms with van der Waals surface area (Å²) in [5.74, 6) is -0.0369. The Morgan fingerprint density at radius 1 is 0.769 bits per heavy atom. The number of carbonyl (C=O) groups excluding carboxylic acids is 2. The molecule has 3 heteroatoms. The predicted octanol–water partition coefficient (Wildman–Crippen LogP) is 5.27. The van der Waals surface area contributed by atoms with Gasteiger partial charge in [0, 0.05) is 22.0 Å². The molecule has 0 aliphatic rings. The van der Waals surface area contributed by atoms with Crippen LogP contribution in [-0.4, -0.2) is 16.6 Å². The summed E-state index contributed by atoms with van der Waals surface area (Å²) in [6, 6.07) is 24.4. The highest BCUT2D eigenvalue weighted by Crippen LogP contribution is 2.32. The van der Waals surface area contributed by atoms with Crippen LogP contribution >= 0.6 is 0 Å². The van der Waals surface area contributed by atoms with Crippen LogP contribution in [-0.2, 0) is 0 Å². The van der Waals surface area contributed by atoms with Crippen molar-refractivity contribution in [1.29, 1.82) is 0 Å². The van der Waals surface area contributed by atoms with Crippen molar-refractivity contribution in [3.8, 4) is 11.3 Å². The van der Waals surface area contributed by atoms with Crippen LogP contribution in [0.4, 0.5) is 0 Å². The van der Waals surface area contributed by atoms with E-state index in [-0.39, 0.29) is 11.6 Å². The highest BCUT2D eigenvalue weighted by molar-refractivity contribution is 6.20. The Labute approximate surface area is 151 Å². The molecule has 0 fully saturated rings. The van der Waals surface area contributed by atoms with Gasteiger partial charge in [-0.25, -0.2) is 0 Å². The van der Waals surface area contributed by atoms with Crippen molar-refractivity contribution in [2.24, 2.45) is 0 Å². The lowest BCUT2D eigenvalue weighted by Crippen LogP contribution is -2.02. The van der Waals surface area contributed by atoms with Gasteiger partial charge in [-0.15, -0.1) is 0 Å². The molecule has 26 heavy (non-hydrogen) atoms. The fraction of sp³-hybridized carbons (Fsp3) is 0.0435. The Kier molecular flexibility index (Phi) is 3.98. The van der Waals surface area contributed by atoms with Crippen LogP contribution in [0.1, 0.15) is 33.2 Å². The molecule has 1 heterocycles. The Morgan fingerprint density at radius 2 is 1.46 bits per heavy atom. The number of ketones is 2. The number of Topliss-reactive ketones (excluding diaryl/α,β-unsaturated/α-hetero) is 1. The summed E-state index contributed by atoms with van der Waals surface area (Å²) >= 11 is 0. The summed E-state index contributed by atoms with van der Waals surface area (Å²) < 4.78 is 0. The molecule has 0 bridgehead atoms. The van der Waals surface area contributed by atoms with Crippen LogP contribution < -0.4 is 0 Å². The van der Waals surface area contributed by atoms with Crippen molar-refractivity contribution in [2.45, 2.75) is 6.92 Å². The van der Waals surface area contributed by atoms with Gasteiger partial charge in [0.15, 0.2) is 11.6 Å². The van der Waals surface area contributed by atoms with E-state index in [0.29, 0.717) is 16.7 Å². The lowest BCUT2D eigenvalue weighted by atomic mass is 9.96. The second-order valence-electron chi connectivity index (χ2n) is 6.25. The third-order valence-electron chi connectivity index (χ3n) is 4.53. The van der Waals surface area contributed by atoms with Crippen LogP contribution in [0.5, 0.6) is 0 Å². The minimum atomic E-state index is -0.0359. The highest BCUT2D eigenvalue weighted by atomic mass is 16.1. The SMILES string of the molecule is CC(=O)c1cccc(-c2[nH]c3ccccc3c2C(=O)c2ccccc2)c1. The molecule has 0 unspecified atom stereocenters. The summed E-state index contributed by atoms with van der Waals surface area (Å²) in [7, 11) is 0. The van der Waals surface area contributed by atoms with E-state index < -0.39 is 0 Å². The van der Waals surface area contributed by atoms with E-state index in [9.17, 15) is 9.59 Å². The molecule has 126 valence electrons. The molecular formula is C23H17NO2. The number of para-hydroxylation sites is 1. The van der Waals surface area contributed by atoms with Gasteiger partial charge >= 0.3 is 0 Å². The second kappa shape index (κ2) is 6.45. The molecule has 0 aliphatic heterocycles. The second-order valence-corrected chi connectivity index (χ2v) is 6.25. The van der Waals surface area contributed by atoms with Crippen molar-refractivity contribution in [1.82, 2.24) is 4.98 Å². The summed E-state index contributed by atoms with van der Waals surface area (Å²) in [5.41, 5.74) is 4.36. The van der Waals surface area contributed by atoms with E-state index in [1.807, 2.05) is 72.8 Å². The molecule has 3 nitrogen and oxygen atoms in total. The lowest BCUT2D eigenvalue weighted by molar-refractivity contribution is 0.101. The Hall–Kier alpha value is -3.46. The summed E-state index contributed by atoms with van der Waals surface area (Å²) in [5, 5.41) is 0.879. The van der Waals surface area contributed by atoms with Gasteiger partial charge in [0.25, 0.3) is 0 Å². The zero-order valence-electron chi connectivity index (χ0n) is 14.3. The Balaban J connectivity index is 1.97. The van der Waals surface area contributed by atoms with E-state index >= 15 is 0 Å². The molecule has 3 aromatic carbocycles. The first-order valence-corrected chi connectivity index (χ1v) is 8.47. The number of H-pyrrole nitrogens is 1. The fourth-order valence-electron chi connectivity index (χ4n) is 3.22. The number of carbonyl (C=O) groups is 2. The molecule has 0 saturated heterocycles. The molecule has 0 saturated carbocycles. The summed E-state index contributed by atoms with van der Waals surface area (Å²) in [6.07, 6.45) is 0. The molecule has 0 aliphatic carbocycles. The Morgan fingerprint density at radius 3 is 2.23 bits per heavy atom. The van der Waals surface area contributed by atoms with Gasteiger partial charge in [0.1, 0.15) is 0 Å². The zero-order chi connectivity index (χ0) is 18.1. The quantitative estimate of drug-likeness (QED) is 0.515. The largest absolute Gasteiger partial charge is 0.354 e. The average molecular weight is 339 g/mol. The number of aromatic amines is 1. The molecule has 0 amide bonds. The topological polar surface area (TPSA) is 49.9 Å². The molecular weight excluding hydrogens is 322 g/mol. The van der Waals surface area contributed by atoms with Crippen molar-refractivity contribution < 1.29 is 9.59 Å². The van der Waals surface area contributed by atoms with Gasteiger partial charge in [0.2, 0.25) is 0 Å². The van der Waals surface area contributed by atoms with Gasteiger partial charge in [-0.05, 0) is 24.6 Å². The standard InChI is InChI=1S/C23H17NO2/c1-15(25)17-10-7-11-18(14-17)22-21(19-12-5-6-13-20(19)24-22)23(26)16-8-3-2-4-9-16/h2-14,24H,1H3. The maximum Gasteiger partial charge on any atom is 0.195 e. The van der Waals surface area contributed by atoms with Crippen molar-refractivity contribution in [3.63, 3.8) is 0 Å². The van der Waals surface area contributed by atoms with Gasteiger partial charge in [-0.2, -0.15) is 0 Å². The molecule has 4 aromatic rings.